The average molecular weight is 340 g/mol. The molecule has 0 radical (unpaired) electrons. The molecule has 0 unspecified atom stereocenters. The minimum absolute atomic E-state index is 0.0993. The molecular weight excluding hydrogens is 312 g/mol. The van der Waals surface area contributed by atoms with Gasteiger partial charge >= 0.3 is 0 Å². The number of hydrogen-bond acceptors (Lipinski definition) is 3. The van der Waals surface area contributed by atoms with Crippen LogP contribution in [0.15, 0.2) is 42.5 Å². The van der Waals surface area contributed by atoms with Crippen LogP contribution in [-0.4, -0.2) is 19.6 Å². The summed E-state index contributed by atoms with van der Waals surface area (Å²) in [5.74, 6) is 1.33. The molecule has 2 aromatic rings. The zero-order valence-corrected chi connectivity index (χ0v) is 15.7. The first-order chi connectivity index (χ1) is 11.9. The van der Waals surface area contributed by atoms with Crippen LogP contribution in [0.25, 0.3) is 0 Å². The predicted octanol–water partition coefficient (Wildman–Crippen LogP) is 4.99. The number of ether oxygens (including phenoxy) is 1. The highest BCUT2D eigenvalue weighted by Gasteiger charge is 2.15. The van der Waals surface area contributed by atoms with Crippen LogP contribution in [0.3, 0.4) is 0 Å². The summed E-state index contributed by atoms with van der Waals surface area (Å²) in [6.07, 6.45) is 0. The third-order valence-corrected chi connectivity index (χ3v) is 4.18. The number of benzene rings is 2. The van der Waals surface area contributed by atoms with Crippen molar-refractivity contribution in [2.45, 2.75) is 39.5 Å². The molecule has 0 fully saturated rings. The summed E-state index contributed by atoms with van der Waals surface area (Å²) in [7, 11) is 1.59. The maximum absolute atomic E-state index is 12.4. The molecule has 2 N–H and O–H groups in total. The summed E-state index contributed by atoms with van der Waals surface area (Å²) in [5.41, 5.74) is 4.22. The Balaban J connectivity index is 2.14. The molecule has 0 atom stereocenters. The number of para-hydroxylation sites is 3. The van der Waals surface area contributed by atoms with Crippen molar-refractivity contribution in [3.8, 4) is 5.75 Å². The van der Waals surface area contributed by atoms with E-state index in [1.54, 1.807) is 7.11 Å². The van der Waals surface area contributed by atoms with E-state index in [4.69, 9.17) is 4.74 Å². The van der Waals surface area contributed by atoms with E-state index in [1.165, 1.54) is 11.1 Å². The van der Waals surface area contributed by atoms with Crippen LogP contribution in [0.5, 0.6) is 5.75 Å². The molecule has 2 rings (SSSR count). The van der Waals surface area contributed by atoms with E-state index >= 15 is 0 Å². The molecule has 0 bridgehead atoms. The largest absolute Gasteiger partial charge is 0.495 e. The van der Waals surface area contributed by atoms with E-state index in [9.17, 15) is 4.79 Å². The van der Waals surface area contributed by atoms with Crippen LogP contribution in [0, 0.1) is 0 Å². The molecule has 0 heterocycles. The Morgan fingerprint density at radius 2 is 1.56 bits per heavy atom. The summed E-state index contributed by atoms with van der Waals surface area (Å²) in [4.78, 5) is 12.4. The van der Waals surface area contributed by atoms with Crippen LogP contribution in [0.2, 0.25) is 0 Å². The number of amides is 1. The number of hydrogen-bond donors (Lipinski definition) is 2. The fraction of sp³-hybridized carbons (Fsp3) is 0.381. The Kier molecular flexibility index (Phi) is 6.45. The van der Waals surface area contributed by atoms with Gasteiger partial charge in [0.2, 0.25) is 5.91 Å². The first-order valence-electron chi connectivity index (χ1n) is 8.73. The highest BCUT2D eigenvalue weighted by molar-refractivity contribution is 5.95. The molecule has 0 spiro atoms. The number of carbonyl (C=O) groups is 1. The van der Waals surface area contributed by atoms with Crippen LogP contribution in [-0.2, 0) is 4.79 Å². The molecule has 2 aromatic carbocycles. The summed E-state index contributed by atoms with van der Waals surface area (Å²) < 4.78 is 5.28. The van der Waals surface area contributed by atoms with Crippen molar-refractivity contribution in [1.29, 1.82) is 0 Å². The standard InChI is InChI=1S/C21H28N2O2/c1-14(2)16-9-8-10-17(15(3)4)21(16)22-13-20(24)23-18-11-6-7-12-19(18)25-5/h6-12,14-15,22H,13H2,1-5H3,(H,23,24). The van der Waals surface area contributed by atoms with Crippen LogP contribution in [0.1, 0.15) is 50.7 Å². The van der Waals surface area contributed by atoms with Gasteiger partial charge < -0.3 is 15.4 Å². The minimum Gasteiger partial charge on any atom is -0.495 e. The maximum atomic E-state index is 12.4. The van der Waals surface area contributed by atoms with E-state index < -0.39 is 0 Å². The van der Waals surface area contributed by atoms with Crippen LogP contribution < -0.4 is 15.4 Å². The van der Waals surface area contributed by atoms with Crippen molar-refractivity contribution in [2.24, 2.45) is 0 Å². The normalized spacial score (nSPS) is 10.8. The third-order valence-electron chi connectivity index (χ3n) is 4.18. The van der Waals surface area contributed by atoms with Crippen molar-refractivity contribution in [1.82, 2.24) is 0 Å². The molecule has 0 saturated heterocycles. The van der Waals surface area contributed by atoms with Gasteiger partial charge in [-0.2, -0.15) is 0 Å². The third kappa shape index (κ3) is 4.75. The molecule has 0 aliphatic heterocycles. The number of nitrogens with one attached hydrogen (secondary N) is 2. The Labute approximate surface area is 150 Å². The Hall–Kier alpha value is -2.49. The van der Waals surface area contributed by atoms with E-state index in [-0.39, 0.29) is 12.5 Å². The molecule has 4 nitrogen and oxygen atoms in total. The molecule has 0 aliphatic carbocycles. The van der Waals surface area contributed by atoms with Gasteiger partial charge in [-0.1, -0.05) is 58.0 Å². The number of anilines is 2. The van der Waals surface area contributed by atoms with Gasteiger partial charge in [0, 0.05) is 5.69 Å². The smallest absolute Gasteiger partial charge is 0.243 e. The Morgan fingerprint density at radius 3 is 2.12 bits per heavy atom. The van der Waals surface area contributed by atoms with Crippen LogP contribution in [0.4, 0.5) is 11.4 Å². The first-order valence-corrected chi connectivity index (χ1v) is 8.73. The second kappa shape index (κ2) is 8.56. The van der Waals surface area contributed by atoms with E-state index in [0.717, 1.165) is 5.69 Å². The summed E-state index contributed by atoms with van der Waals surface area (Å²) >= 11 is 0. The molecular formula is C21H28N2O2. The van der Waals surface area contributed by atoms with E-state index in [2.05, 4.69) is 56.5 Å². The molecule has 0 aromatic heterocycles. The lowest BCUT2D eigenvalue weighted by atomic mass is 9.92. The van der Waals surface area contributed by atoms with Gasteiger partial charge in [-0.3, -0.25) is 4.79 Å². The van der Waals surface area contributed by atoms with Gasteiger partial charge in [0.15, 0.2) is 0 Å². The monoisotopic (exact) mass is 340 g/mol. The summed E-state index contributed by atoms with van der Waals surface area (Å²) in [6, 6.07) is 13.7. The fourth-order valence-corrected chi connectivity index (χ4v) is 2.87. The molecule has 134 valence electrons. The Morgan fingerprint density at radius 1 is 0.960 bits per heavy atom. The second-order valence-electron chi connectivity index (χ2n) is 6.72. The van der Waals surface area contributed by atoms with Crippen molar-refractivity contribution < 1.29 is 9.53 Å². The van der Waals surface area contributed by atoms with Gasteiger partial charge in [-0.05, 0) is 35.1 Å². The molecule has 4 heteroatoms. The average Bonchev–Trinajstić information content (AvgIpc) is 2.59. The molecule has 25 heavy (non-hydrogen) atoms. The second-order valence-corrected chi connectivity index (χ2v) is 6.72. The topological polar surface area (TPSA) is 50.4 Å². The highest BCUT2D eigenvalue weighted by atomic mass is 16.5. The quantitative estimate of drug-likeness (QED) is 0.746. The van der Waals surface area contributed by atoms with Gasteiger partial charge in [0.1, 0.15) is 5.75 Å². The summed E-state index contributed by atoms with van der Waals surface area (Å²) in [6.45, 7) is 8.87. The van der Waals surface area contributed by atoms with Gasteiger partial charge in [0.25, 0.3) is 0 Å². The highest BCUT2D eigenvalue weighted by Crippen LogP contribution is 2.32. The lowest BCUT2D eigenvalue weighted by Crippen LogP contribution is -2.23. The maximum Gasteiger partial charge on any atom is 0.243 e. The van der Waals surface area contributed by atoms with Gasteiger partial charge in [0.05, 0.1) is 19.3 Å². The van der Waals surface area contributed by atoms with Crippen LogP contribution >= 0.6 is 0 Å². The summed E-state index contributed by atoms with van der Waals surface area (Å²) in [5, 5.41) is 6.25. The van der Waals surface area contributed by atoms with Gasteiger partial charge in [-0.25, -0.2) is 0 Å². The van der Waals surface area contributed by atoms with Crippen molar-refractivity contribution >= 4 is 17.3 Å². The van der Waals surface area contributed by atoms with Crippen molar-refractivity contribution in [3.63, 3.8) is 0 Å². The molecule has 0 saturated carbocycles. The lowest BCUT2D eigenvalue weighted by Gasteiger charge is -2.21. The number of methoxy groups -OCH3 is 1. The fourth-order valence-electron chi connectivity index (χ4n) is 2.87. The minimum atomic E-state index is -0.0993. The molecule has 1 amide bonds. The SMILES string of the molecule is COc1ccccc1NC(=O)CNc1c(C(C)C)cccc1C(C)C. The predicted molar refractivity (Wildman–Crippen MR) is 105 cm³/mol. The zero-order valence-electron chi connectivity index (χ0n) is 15.7. The Bertz CT molecular complexity index is 697. The van der Waals surface area contributed by atoms with Gasteiger partial charge in [-0.15, -0.1) is 0 Å². The van der Waals surface area contributed by atoms with E-state index in [0.29, 0.717) is 23.3 Å². The van der Waals surface area contributed by atoms with Crippen molar-refractivity contribution in [2.75, 3.05) is 24.3 Å². The molecule has 0 aliphatic rings. The number of rotatable bonds is 7. The first kappa shape index (κ1) is 18.8. The zero-order chi connectivity index (χ0) is 18.4. The number of carbonyl (C=O) groups excluding carboxylic acids is 1. The lowest BCUT2D eigenvalue weighted by molar-refractivity contribution is -0.114. The van der Waals surface area contributed by atoms with Crippen molar-refractivity contribution in [3.05, 3.63) is 53.6 Å². The van der Waals surface area contributed by atoms with E-state index in [1.807, 2.05) is 24.3 Å².